The van der Waals surface area contributed by atoms with Crippen LogP contribution < -0.4 is 5.32 Å². The summed E-state index contributed by atoms with van der Waals surface area (Å²) in [5.41, 5.74) is 3.27. The minimum Gasteiger partial charge on any atom is -0.384 e. The van der Waals surface area contributed by atoms with Crippen molar-refractivity contribution in [3.8, 4) is 0 Å². The van der Waals surface area contributed by atoms with Crippen LogP contribution in [0.15, 0.2) is 30.3 Å². The number of carbonyl (C=O) groups is 1. The van der Waals surface area contributed by atoms with Crippen molar-refractivity contribution in [3.63, 3.8) is 0 Å². The van der Waals surface area contributed by atoms with Crippen molar-refractivity contribution in [2.45, 2.75) is 26.2 Å². The zero-order chi connectivity index (χ0) is 13.2. The largest absolute Gasteiger partial charge is 0.384 e. The molecule has 0 saturated heterocycles. The fourth-order valence-corrected chi connectivity index (χ4v) is 3.39. The van der Waals surface area contributed by atoms with E-state index in [0.717, 1.165) is 35.5 Å². The number of thiophene rings is 1. The first-order valence-electron chi connectivity index (χ1n) is 6.74. The maximum absolute atomic E-state index is 12.3. The van der Waals surface area contributed by atoms with E-state index in [2.05, 4.69) is 30.4 Å². The minimum atomic E-state index is 0.209. The lowest BCUT2D eigenvalue weighted by atomic mass is 10.0. The fourth-order valence-electron chi connectivity index (χ4n) is 2.43. The topological polar surface area (TPSA) is 29.1 Å². The average Bonchev–Trinajstić information content (AvgIpc) is 3.05. The fraction of sp³-hybridized carbons (Fsp3) is 0.312. The molecule has 0 spiro atoms. The number of rotatable bonds is 4. The maximum atomic E-state index is 12.3. The number of fused-ring (bicyclic) bond motifs is 1. The van der Waals surface area contributed by atoms with Gasteiger partial charge in [0, 0.05) is 34.0 Å². The normalized spacial score (nSPS) is 13.1. The third-order valence-electron chi connectivity index (χ3n) is 3.54. The molecular weight excluding hydrogens is 254 g/mol. The van der Waals surface area contributed by atoms with Gasteiger partial charge in [0.15, 0.2) is 5.78 Å². The SMILES string of the molecule is CCc1ccc(CC(=O)c2ccc3c(c2)NCC3)s1. The van der Waals surface area contributed by atoms with Crippen LogP contribution in [0.3, 0.4) is 0 Å². The van der Waals surface area contributed by atoms with Crippen LogP contribution in [0.2, 0.25) is 0 Å². The van der Waals surface area contributed by atoms with Crippen molar-refractivity contribution in [2.24, 2.45) is 0 Å². The number of nitrogens with one attached hydrogen (secondary N) is 1. The number of Topliss-reactive ketones (excluding diaryl/α,β-unsaturated/α-hetero) is 1. The molecule has 0 atom stereocenters. The highest BCUT2D eigenvalue weighted by Crippen LogP contribution is 2.25. The van der Waals surface area contributed by atoms with E-state index in [-0.39, 0.29) is 5.78 Å². The highest BCUT2D eigenvalue weighted by molar-refractivity contribution is 7.12. The Balaban J connectivity index is 1.76. The number of hydrogen-bond acceptors (Lipinski definition) is 3. The molecule has 0 bridgehead atoms. The summed E-state index contributed by atoms with van der Waals surface area (Å²) in [6.45, 7) is 3.13. The summed E-state index contributed by atoms with van der Waals surface area (Å²) in [7, 11) is 0. The van der Waals surface area contributed by atoms with Crippen molar-refractivity contribution >= 4 is 22.8 Å². The van der Waals surface area contributed by atoms with Crippen molar-refractivity contribution in [1.29, 1.82) is 0 Å². The van der Waals surface area contributed by atoms with Crippen molar-refractivity contribution in [2.75, 3.05) is 11.9 Å². The summed E-state index contributed by atoms with van der Waals surface area (Å²) in [6.07, 6.45) is 2.62. The molecule has 3 rings (SSSR count). The van der Waals surface area contributed by atoms with Crippen LogP contribution in [0.25, 0.3) is 0 Å². The number of hydrogen-bond donors (Lipinski definition) is 1. The quantitative estimate of drug-likeness (QED) is 0.859. The number of benzene rings is 1. The Kier molecular flexibility index (Phi) is 3.38. The van der Waals surface area contributed by atoms with Crippen LogP contribution in [0.5, 0.6) is 0 Å². The Morgan fingerprint density at radius 3 is 2.89 bits per heavy atom. The van der Waals surface area contributed by atoms with E-state index in [9.17, 15) is 4.79 Å². The molecule has 1 aliphatic rings. The Labute approximate surface area is 117 Å². The second-order valence-corrected chi connectivity index (χ2v) is 6.12. The van der Waals surface area contributed by atoms with Gasteiger partial charge in [-0.3, -0.25) is 4.79 Å². The summed E-state index contributed by atoms with van der Waals surface area (Å²) in [5.74, 6) is 0.209. The second-order valence-electron chi connectivity index (χ2n) is 4.87. The summed E-state index contributed by atoms with van der Waals surface area (Å²) < 4.78 is 0. The first-order chi connectivity index (χ1) is 9.26. The number of anilines is 1. The smallest absolute Gasteiger partial charge is 0.168 e. The maximum Gasteiger partial charge on any atom is 0.168 e. The van der Waals surface area contributed by atoms with Crippen LogP contribution in [0, 0.1) is 0 Å². The van der Waals surface area contributed by atoms with Gasteiger partial charge in [-0.2, -0.15) is 0 Å². The van der Waals surface area contributed by atoms with Crippen LogP contribution >= 0.6 is 11.3 Å². The number of carbonyl (C=O) groups excluding carboxylic acids is 1. The Morgan fingerprint density at radius 1 is 1.26 bits per heavy atom. The van der Waals surface area contributed by atoms with Crippen LogP contribution in [-0.4, -0.2) is 12.3 Å². The van der Waals surface area contributed by atoms with Crippen molar-refractivity contribution in [1.82, 2.24) is 0 Å². The standard InChI is InChI=1S/C16H17NOS/c1-2-13-5-6-14(19-13)10-16(18)12-4-3-11-7-8-17-15(11)9-12/h3-6,9,17H,2,7-8,10H2,1H3. The van der Waals surface area contributed by atoms with Crippen molar-refractivity contribution in [3.05, 3.63) is 51.2 Å². The summed E-state index contributed by atoms with van der Waals surface area (Å²) in [6, 6.07) is 10.2. The van der Waals surface area contributed by atoms with E-state index >= 15 is 0 Å². The lowest BCUT2D eigenvalue weighted by Crippen LogP contribution is -2.02. The molecule has 3 heteroatoms. The van der Waals surface area contributed by atoms with E-state index in [1.165, 1.54) is 10.4 Å². The molecular formula is C16H17NOS. The summed E-state index contributed by atoms with van der Waals surface area (Å²) >= 11 is 1.74. The lowest BCUT2D eigenvalue weighted by molar-refractivity contribution is 0.0994. The molecule has 1 aromatic heterocycles. The molecule has 1 N–H and O–H groups in total. The molecule has 98 valence electrons. The molecule has 1 aliphatic heterocycles. The van der Waals surface area contributed by atoms with Crippen LogP contribution in [-0.2, 0) is 19.3 Å². The molecule has 1 aromatic carbocycles. The molecule has 19 heavy (non-hydrogen) atoms. The average molecular weight is 271 g/mol. The molecule has 2 nitrogen and oxygen atoms in total. The molecule has 0 saturated carbocycles. The number of aryl methyl sites for hydroxylation is 1. The molecule has 0 aliphatic carbocycles. The minimum absolute atomic E-state index is 0.209. The zero-order valence-electron chi connectivity index (χ0n) is 11.0. The first-order valence-corrected chi connectivity index (χ1v) is 7.55. The van der Waals surface area contributed by atoms with Crippen LogP contribution in [0.4, 0.5) is 5.69 Å². The second kappa shape index (κ2) is 5.17. The van der Waals surface area contributed by atoms with E-state index in [0.29, 0.717) is 6.42 Å². The molecule has 0 amide bonds. The van der Waals surface area contributed by atoms with E-state index in [1.54, 1.807) is 11.3 Å². The molecule has 0 radical (unpaired) electrons. The Hall–Kier alpha value is -1.61. The third-order valence-corrected chi connectivity index (χ3v) is 4.77. The Morgan fingerprint density at radius 2 is 2.11 bits per heavy atom. The van der Waals surface area contributed by atoms with E-state index < -0.39 is 0 Å². The highest BCUT2D eigenvalue weighted by atomic mass is 32.1. The summed E-state index contributed by atoms with van der Waals surface area (Å²) in [4.78, 5) is 14.8. The van der Waals surface area contributed by atoms with Crippen LogP contribution in [0.1, 0.15) is 32.6 Å². The Bertz CT molecular complexity index is 615. The first kappa shape index (κ1) is 12.4. The molecule has 2 aromatic rings. The van der Waals surface area contributed by atoms with Gasteiger partial charge in [0.25, 0.3) is 0 Å². The van der Waals surface area contributed by atoms with Gasteiger partial charge in [0.05, 0.1) is 0 Å². The van der Waals surface area contributed by atoms with Gasteiger partial charge in [0.2, 0.25) is 0 Å². The monoisotopic (exact) mass is 271 g/mol. The molecule has 0 fully saturated rings. The number of ketones is 1. The molecule has 0 unspecified atom stereocenters. The van der Waals surface area contributed by atoms with Gasteiger partial charge >= 0.3 is 0 Å². The summed E-state index contributed by atoms with van der Waals surface area (Å²) in [5, 5.41) is 3.32. The van der Waals surface area contributed by atoms with E-state index in [4.69, 9.17) is 0 Å². The van der Waals surface area contributed by atoms with Gasteiger partial charge in [-0.15, -0.1) is 11.3 Å². The van der Waals surface area contributed by atoms with Gasteiger partial charge < -0.3 is 5.32 Å². The van der Waals surface area contributed by atoms with E-state index in [1.807, 2.05) is 12.1 Å². The predicted octanol–water partition coefficient (Wildman–Crippen LogP) is 3.70. The van der Waals surface area contributed by atoms with Crippen molar-refractivity contribution < 1.29 is 4.79 Å². The van der Waals surface area contributed by atoms with Gasteiger partial charge in [-0.25, -0.2) is 0 Å². The van der Waals surface area contributed by atoms with Gasteiger partial charge in [-0.1, -0.05) is 19.1 Å². The van der Waals surface area contributed by atoms with Gasteiger partial charge in [-0.05, 0) is 36.6 Å². The third kappa shape index (κ3) is 2.56. The zero-order valence-corrected chi connectivity index (χ0v) is 11.8. The van der Waals surface area contributed by atoms with Gasteiger partial charge in [0.1, 0.15) is 0 Å². The predicted molar refractivity (Wildman–Crippen MR) is 80.4 cm³/mol. The molecule has 2 heterocycles. The lowest BCUT2D eigenvalue weighted by Gasteiger charge is -2.03. The highest BCUT2D eigenvalue weighted by Gasteiger charge is 2.14.